The van der Waals surface area contributed by atoms with Gasteiger partial charge >= 0.3 is 17.5 Å². The van der Waals surface area contributed by atoms with Crippen molar-refractivity contribution < 1.29 is 23.9 Å². The molecule has 0 radical (unpaired) electrons. The van der Waals surface area contributed by atoms with Crippen LogP contribution >= 0.6 is 12.4 Å². The quantitative estimate of drug-likeness (QED) is 0.325. The Labute approximate surface area is 289 Å². The first kappa shape index (κ1) is 34.3. The highest BCUT2D eigenvalue weighted by Crippen LogP contribution is 2.47. The number of nitrogens with zero attached hydrogens (tertiary/aromatic N) is 5. The topological polar surface area (TPSA) is 137 Å². The molecule has 0 spiro atoms. The number of carbonyl (C=O) groups excluding carboxylic acids is 3. The standard InChI is InChI=1S/C35H40N6O7.ClH/c1-20-18-37(31(43)28-7-6-15-36-28)19-21(2)39(20)34(46)47-25-12-13-26-29(17-25)48-35(4,5)27-14-16-38-32(44)40(33(45)41(38)30(26)27)24-10-8-23(9-11-24)22(3)42;/h8-14,17,20-21,28,30,36H,6-7,15-16,18-19H2,1-5H3;1H/t20?,21?,28-,30?;/m0./s1. The lowest BCUT2D eigenvalue weighted by molar-refractivity contribution is -0.136. The van der Waals surface area contributed by atoms with Gasteiger partial charge < -0.3 is 19.7 Å². The molecule has 4 aliphatic heterocycles. The van der Waals surface area contributed by atoms with Crippen molar-refractivity contribution in [2.75, 3.05) is 19.6 Å². The smallest absolute Gasteiger partial charge is 0.415 e. The van der Waals surface area contributed by atoms with Gasteiger partial charge in [-0.05, 0) is 96.0 Å². The largest absolute Gasteiger partial charge is 0.483 e. The number of halogens is 1. The van der Waals surface area contributed by atoms with Gasteiger partial charge in [-0.25, -0.2) is 28.3 Å². The van der Waals surface area contributed by atoms with Crippen molar-refractivity contribution in [1.82, 2.24) is 29.0 Å². The maximum absolute atomic E-state index is 14.0. The Kier molecular flexibility index (Phi) is 8.86. The van der Waals surface area contributed by atoms with Crippen LogP contribution in [0, 0.1) is 0 Å². The van der Waals surface area contributed by atoms with Gasteiger partial charge in [0, 0.05) is 30.3 Å². The van der Waals surface area contributed by atoms with Crippen LogP contribution in [0.15, 0.2) is 63.7 Å². The zero-order valence-corrected chi connectivity index (χ0v) is 29.0. The number of benzene rings is 2. The summed E-state index contributed by atoms with van der Waals surface area (Å²) in [7, 11) is 0. The Morgan fingerprint density at radius 2 is 1.67 bits per heavy atom. The number of nitrogens with one attached hydrogen (secondary N) is 1. The molecule has 0 bridgehead atoms. The number of hydrogen-bond acceptors (Lipinski definition) is 8. The molecule has 2 amide bonds. The molecule has 5 heterocycles. The minimum absolute atomic E-state index is 0. The van der Waals surface area contributed by atoms with Crippen LogP contribution in [-0.2, 0) is 11.3 Å². The van der Waals surface area contributed by atoms with Gasteiger partial charge in [-0.2, -0.15) is 0 Å². The van der Waals surface area contributed by atoms with Gasteiger partial charge in [-0.15, -0.1) is 12.4 Å². The molecule has 1 N–H and O–H groups in total. The van der Waals surface area contributed by atoms with E-state index >= 15 is 0 Å². The highest BCUT2D eigenvalue weighted by molar-refractivity contribution is 5.94. The van der Waals surface area contributed by atoms with E-state index in [-0.39, 0.29) is 54.5 Å². The van der Waals surface area contributed by atoms with Gasteiger partial charge in [0.05, 0.1) is 30.4 Å². The summed E-state index contributed by atoms with van der Waals surface area (Å²) in [6.07, 6.45) is 3.20. The predicted molar refractivity (Wildman–Crippen MR) is 183 cm³/mol. The molecule has 3 unspecified atom stereocenters. The van der Waals surface area contributed by atoms with E-state index in [2.05, 4.69) is 5.32 Å². The van der Waals surface area contributed by atoms with Crippen molar-refractivity contribution in [2.45, 2.75) is 83.8 Å². The second-order valence-corrected chi connectivity index (χ2v) is 13.7. The van der Waals surface area contributed by atoms with Crippen LogP contribution in [0.3, 0.4) is 0 Å². The summed E-state index contributed by atoms with van der Waals surface area (Å²) in [5.74, 6) is 0.672. The minimum atomic E-state index is -0.841. The van der Waals surface area contributed by atoms with Gasteiger partial charge in [0.15, 0.2) is 5.78 Å². The van der Waals surface area contributed by atoms with E-state index in [1.165, 1.54) is 16.3 Å². The molecule has 2 aromatic carbocycles. The number of amides is 2. The monoisotopic (exact) mass is 692 g/mol. The molecule has 0 aliphatic carbocycles. The van der Waals surface area contributed by atoms with Crippen molar-refractivity contribution in [3.05, 3.63) is 86.2 Å². The first-order chi connectivity index (χ1) is 22.9. The Hall–Kier alpha value is -4.62. The lowest BCUT2D eigenvalue weighted by Crippen LogP contribution is -2.62. The molecule has 4 atom stereocenters. The first-order valence-corrected chi connectivity index (χ1v) is 16.5. The van der Waals surface area contributed by atoms with Gasteiger partial charge in [0.1, 0.15) is 23.1 Å². The first-order valence-electron chi connectivity index (χ1n) is 16.5. The summed E-state index contributed by atoms with van der Waals surface area (Å²) >= 11 is 0. The van der Waals surface area contributed by atoms with Crippen LogP contribution in [0.2, 0.25) is 0 Å². The molecule has 49 heavy (non-hydrogen) atoms. The molecule has 0 saturated carbocycles. The number of carbonyl (C=O) groups is 3. The van der Waals surface area contributed by atoms with Crippen molar-refractivity contribution in [2.24, 2.45) is 0 Å². The van der Waals surface area contributed by atoms with E-state index in [1.807, 2.05) is 38.7 Å². The molecule has 13 nitrogen and oxygen atoms in total. The average molecular weight is 693 g/mol. The van der Waals surface area contributed by atoms with Crippen LogP contribution in [0.1, 0.15) is 69.4 Å². The van der Waals surface area contributed by atoms with Crippen molar-refractivity contribution >= 4 is 30.2 Å². The zero-order valence-electron chi connectivity index (χ0n) is 28.2. The fraction of sp³-hybridized carbons (Fsp3) is 0.457. The van der Waals surface area contributed by atoms with Crippen LogP contribution in [0.25, 0.3) is 5.69 Å². The summed E-state index contributed by atoms with van der Waals surface area (Å²) in [4.78, 5) is 69.4. The Balaban J connectivity index is 0.00000417. The molecular formula is C35H41ClN6O7. The lowest BCUT2D eigenvalue weighted by Gasteiger charge is -2.44. The van der Waals surface area contributed by atoms with Gasteiger partial charge in [-0.1, -0.05) is 6.08 Å². The second kappa shape index (κ2) is 12.7. The summed E-state index contributed by atoms with van der Waals surface area (Å²) in [5, 5.41) is 3.26. The van der Waals surface area contributed by atoms with Gasteiger partial charge in [0.25, 0.3) is 0 Å². The van der Waals surface area contributed by atoms with E-state index in [0.717, 1.165) is 29.5 Å². The molecule has 1 aromatic heterocycles. The zero-order chi connectivity index (χ0) is 34.1. The SMILES string of the molecule is CC(=O)c1ccc(-n2c(=O)n3n(c2=O)C2C(=CC3)C(C)(C)Oc3cc(OC(=O)N4C(C)CN(C(=O)[C@@H]5CCCN5)CC4C)ccc32)cc1.Cl. The van der Waals surface area contributed by atoms with Gasteiger partial charge in [-0.3, -0.25) is 14.5 Å². The molecule has 14 heteroatoms. The maximum Gasteiger partial charge on any atom is 0.415 e. The van der Waals surface area contributed by atoms with E-state index in [0.29, 0.717) is 35.7 Å². The number of Topliss-reactive ketones (excluding diaryl/α,β-unsaturated/α-hetero) is 1. The van der Waals surface area contributed by atoms with E-state index in [9.17, 15) is 24.0 Å². The van der Waals surface area contributed by atoms with Crippen molar-refractivity contribution in [1.29, 1.82) is 0 Å². The predicted octanol–water partition coefficient (Wildman–Crippen LogP) is 3.30. The van der Waals surface area contributed by atoms with E-state index in [1.54, 1.807) is 47.4 Å². The number of fused-ring (bicyclic) bond motifs is 5. The number of hydrogen-bond donors (Lipinski definition) is 1. The number of piperazine rings is 1. The van der Waals surface area contributed by atoms with Gasteiger partial charge in [0.2, 0.25) is 5.91 Å². The van der Waals surface area contributed by atoms with Crippen LogP contribution < -0.4 is 26.2 Å². The molecule has 2 fully saturated rings. The summed E-state index contributed by atoms with van der Waals surface area (Å²) in [6.45, 7) is 10.9. The van der Waals surface area contributed by atoms with Crippen molar-refractivity contribution in [3.8, 4) is 17.2 Å². The Morgan fingerprint density at radius 3 is 2.31 bits per heavy atom. The molecule has 7 rings (SSSR count). The summed E-state index contributed by atoms with van der Waals surface area (Å²) in [6, 6.07) is 10.1. The third-order valence-corrected chi connectivity index (χ3v) is 9.96. The fourth-order valence-corrected chi connectivity index (χ4v) is 7.64. The number of ketones is 1. The number of allylic oxidation sites excluding steroid dienone is 1. The molecule has 260 valence electrons. The molecular weight excluding hydrogens is 652 g/mol. The van der Waals surface area contributed by atoms with Crippen molar-refractivity contribution in [3.63, 3.8) is 0 Å². The number of aromatic nitrogens is 3. The molecule has 2 saturated heterocycles. The average Bonchev–Trinajstić information content (AvgIpc) is 3.66. The number of rotatable bonds is 4. The number of ether oxygens (including phenoxy) is 2. The maximum atomic E-state index is 14.0. The molecule has 3 aromatic rings. The molecule has 4 aliphatic rings. The third-order valence-electron chi connectivity index (χ3n) is 9.96. The second-order valence-electron chi connectivity index (χ2n) is 13.7. The van der Waals surface area contributed by atoms with Crippen LogP contribution in [-0.4, -0.2) is 84.9 Å². The third kappa shape index (κ3) is 5.78. The summed E-state index contributed by atoms with van der Waals surface area (Å²) in [5.41, 5.74) is 0.467. The highest BCUT2D eigenvalue weighted by Gasteiger charge is 2.44. The highest BCUT2D eigenvalue weighted by atomic mass is 35.5. The van der Waals surface area contributed by atoms with E-state index < -0.39 is 29.1 Å². The Morgan fingerprint density at radius 1 is 0.980 bits per heavy atom. The Bertz CT molecular complexity index is 1960. The minimum Gasteiger partial charge on any atom is -0.483 e. The van der Waals surface area contributed by atoms with Crippen LogP contribution in [0.5, 0.6) is 11.5 Å². The van der Waals surface area contributed by atoms with E-state index in [4.69, 9.17) is 9.47 Å². The van der Waals surface area contributed by atoms with Crippen LogP contribution in [0.4, 0.5) is 4.79 Å². The lowest BCUT2D eigenvalue weighted by atomic mass is 9.83. The normalized spacial score (nSPS) is 23.7. The fourth-order valence-electron chi connectivity index (χ4n) is 7.64. The summed E-state index contributed by atoms with van der Waals surface area (Å²) < 4.78 is 16.3.